The van der Waals surface area contributed by atoms with E-state index < -0.39 is 11.8 Å². The molecule has 0 unspecified atom stereocenters. The van der Waals surface area contributed by atoms with Gasteiger partial charge in [-0.1, -0.05) is 29.4 Å². The van der Waals surface area contributed by atoms with Gasteiger partial charge in [0.1, 0.15) is 0 Å². The van der Waals surface area contributed by atoms with Crippen LogP contribution in [0.1, 0.15) is 20.7 Å². The van der Waals surface area contributed by atoms with Crippen molar-refractivity contribution in [3.05, 3.63) is 53.8 Å². The number of rotatable bonds is 1. The van der Waals surface area contributed by atoms with E-state index in [4.69, 9.17) is 0 Å². The minimum atomic E-state index is -0.421. The molecule has 20 heavy (non-hydrogen) atoms. The number of amides is 2. The first-order valence-electron chi connectivity index (χ1n) is 5.95. The normalized spacial score (nSPS) is 14.1. The molecule has 2 amide bonds. The monoisotopic (exact) mass is 265 g/mol. The summed E-state index contributed by atoms with van der Waals surface area (Å²) < 4.78 is 4.62. The second-order valence-electron chi connectivity index (χ2n) is 4.42. The molecule has 0 bridgehead atoms. The number of imide groups is 1. The number of carbonyl (C=O) groups is 2. The van der Waals surface area contributed by atoms with Crippen LogP contribution in [0.3, 0.4) is 0 Å². The number of hydrogen-bond acceptors (Lipinski definition) is 5. The summed E-state index contributed by atoms with van der Waals surface area (Å²) in [5.74, 6) is -0.753. The van der Waals surface area contributed by atoms with Crippen molar-refractivity contribution >= 4 is 28.4 Å². The summed E-state index contributed by atoms with van der Waals surface area (Å²) in [6.07, 6.45) is 1.17. The average molecular weight is 265 g/mol. The van der Waals surface area contributed by atoms with Crippen LogP contribution in [-0.4, -0.2) is 22.2 Å². The lowest BCUT2D eigenvalue weighted by Gasteiger charge is -2.24. The zero-order valence-corrected chi connectivity index (χ0v) is 10.1. The Morgan fingerprint density at radius 2 is 1.60 bits per heavy atom. The predicted octanol–water partition coefficient (Wildman–Crippen LogP) is 2.02. The number of aromatic nitrogens is 2. The van der Waals surface area contributed by atoms with Crippen LogP contribution in [0.5, 0.6) is 0 Å². The highest BCUT2D eigenvalue weighted by molar-refractivity contribution is 6.35. The van der Waals surface area contributed by atoms with Crippen molar-refractivity contribution in [1.82, 2.24) is 10.4 Å². The van der Waals surface area contributed by atoms with E-state index >= 15 is 0 Å². The molecule has 0 aliphatic carbocycles. The molecule has 0 saturated heterocycles. The Kier molecular flexibility index (Phi) is 2.03. The van der Waals surface area contributed by atoms with Gasteiger partial charge >= 0.3 is 0 Å². The molecular formula is C14H7N3O3. The SMILES string of the molecule is O=C1c2cccc3cccc(c23)C(=O)N1c1conn1. The molecule has 2 aromatic carbocycles. The lowest BCUT2D eigenvalue weighted by Crippen LogP contribution is -2.40. The van der Waals surface area contributed by atoms with Gasteiger partial charge in [-0.3, -0.25) is 9.59 Å². The van der Waals surface area contributed by atoms with Gasteiger partial charge in [0.2, 0.25) is 5.82 Å². The van der Waals surface area contributed by atoms with Crippen molar-refractivity contribution in [2.45, 2.75) is 0 Å². The summed E-state index contributed by atoms with van der Waals surface area (Å²) in [5, 5.41) is 8.48. The van der Waals surface area contributed by atoms with Crippen molar-refractivity contribution in [2.24, 2.45) is 0 Å². The topological polar surface area (TPSA) is 76.3 Å². The maximum Gasteiger partial charge on any atom is 0.267 e. The third-order valence-electron chi connectivity index (χ3n) is 3.35. The number of nitrogens with zero attached hydrogens (tertiary/aromatic N) is 3. The van der Waals surface area contributed by atoms with E-state index in [-0.39, 0.29) is 5.82 Å². The van der Waals surface area contributed by atoms with Gasteiger partial charge in [-0.05, 0) is 17.5 Å². The van der Waals surface area contributed by atoms with Crippen molar-refractivity contribution in [2.75, 3.05) is 4.90 Å². The van der Waals surface area contributed by atoms with Crippen LogP contribution in [0.25, 0.3) is 10.8 Å². The molecule has 3 aromatic rings. The molecule has 0 radical (unpaired) electrons. The van der Waals surface area contributed by atoms with Gasteiger partial charge in [-0.25, -0.2) is 4.90 Å². The second-order valence-corrected chi connectivity index (χ2v) is 4.42. The van der Waals surface area contributed by atoms with Crippen molar-refractivity contribution in [1.29, 1.82) is 0 Å². The third kappa shape index (κ3) is 1.27. The minimum absolute atomic E-state index is 0.0894. The molecule has 6 heteroatoms. The third-order valence-corrected chi connectivity index (χ3v) is 3.35. The Morgan fingerprint density at radius 3 is 2.15 bits per heavy atom. The van der Waals surface area contributed by atoms with Gasteiger partial charge in [0.25, 0.3) is 11.8 Å². The lowest BCUT2D eigenvalue weighted by molar-refractivity contribution is 0.0892. The van der Waals surface area contributed by atoms with E-state index in [2.05, 4.69) is 14.9 Å². The van der Waals surface area contributed by atoms with Gasteiger partial charge in [0.15, 0.2) is 6.26 Å². The van der Waals surface area contributed by atoms with E-state index in [0.29, 0.717) is 16.5 Å². The Balaban J connectivity index is 2.05. The number of benzene rings is 2. The predicted molar refractivity (Wildman–Crippen MR) is 69.4 cm³/mol. The van der Waals surface area contributed by atoms with Gasteiger partial charge in [-0.2, -0.15) is 0 Å². The van der Waals surface area contributed by atoms with E-state index in [9.17, 15) is 9.59 Å². The highest BCUT2D eigenvalue weighted by atomic mass is 16.5. The van der Waals surface area contributed by atoms with E-state index in [1.807, 2.05) is 12.1 Å². The molecule has 6 nitrogen and oxygen atoms in total. The van der Waals surface area contributed by atoms with Gasteiger partial charge in [0, 0.05) is 21.8 Å². The summed E-state index contributed by atoms with van der Waals surface area (Å²) in [4.78, 5) is 26.0. The summed E-state index contributed by atoms with van der Waals surface area (Å²) in [7, 11) is 0. The van der Waals surface area contributed by atoms with Crippen LogP contribution < -0.4 is 4.90 Å². The summed E-state index contributed by atoms with van der Waals surface area (Å²) in [6, 6.07) is 10.7. The quantitative estimate of drug-likeness (QED) is 0.629. The molecule has 96 valence electrons. The Bertz CT molecular complexity index is 804. The number of carbonyl (C=O) groups excluding carboxylic acids is 2. The Morgan fingerprint density at radius 1 is 0.950 bits per heavy atom. The van der Waals surface area contributed by atoms with Crippen molar-refractivity contribution in [3.63, 3.8) is 0 Å². The highest BCUT2D eigenvalue weighted by Crippen LogP contribution is 2.31. The highest BCUT2D eigenvalue weighted by Gasteiger charge is 2.35. The first kappa shape index (κ1) is 10.9. The Hall–Kier alpha value is -3.02. The second kappa shape index (κ2) is 3.74. The molecule has 1 aromatic heterocycles. The number of anilines is 1. The maximum absolute atomic E-state index is 12.5. The van der Waals surface area contributed by atoms with Gasteiger partial charge < -0.3 is 4.52 Å². The van der Waals surface area contributed by atoms with Crippen LogP contribution >= 0.6 is 0 Å². The maximum atomic E-state index is 12.5. The van der Waals surface area contributed by atoms with Crippen LogP contribution in [-0.2, 0) is 0 Å². The van der Waals surface area contributed by atoms with Gasteiger partial charge in [0.05, 0.1) is 0 Å². The van der Waals surface area contributed by atoms with Crippen LogP contribution in [0, 0.1) is 0 Å². The molecule has 0 atom stereocenters. The largest absolute Gasteiger partial charge is 0.343 e. The summed E-state index contributed by atoms with van der Waals surface area (Å²) in [5.41, 5.74) is 0.946. The molecular weight excluding hydrogens is 258 g/mol. The standard InChI is InChI=1S/C14H7N3O3/c18-13-9-5-1-3-8-4-2-6-10(12(8)9)14(19)17(13)11-7-20-16-15-11/h1-7H. The molecule has 0 spiro atoms. The molecule has 4 rings (SSSR count). The zero-order chi connectivity index (χ0) is 13.7. The molecule has 0 saturated carbocycles. The minimum Gasteiger partial charge on any atom is -0.343 e. The molecule has 0 N–H and O–H groups in total. The molecule has 2 heterocycles. The van der Waals surface area contributed by atoms with Crippen LogP contribution in [0.15, 0.2) is 47.2 Å². The lowest BCUT2D eigenvalue weighted by atomic mass is 9.94. The van der Waals surface area contributed by atoms with Crippen molar-refractivity contribution < 1.29 is 14.1 Å². The Labute approximate surface area is 112 Å². The molecule has 0 fully saturated rings. The van der Waals surface area contributed by atoms with Crippen LogP contribution in [0.4, 0.5) is 5.82 Å². The van der Waals surface area contributed by atoms with E-state index in [1.54, 1.807) is 24.3 Å². The van der Waals surface area contributed by atoms with E-state index in [0.717, 1.165) is 10.3 Å². The molecule has 1 aliphatic rings. The van der Waals surface area contributed by atoms with E-state index in [1.165, 1.54) is 6.26 Å². The first-order chi connectivity index (χ1) is 9.77. The number of hydrogen-bond donors (Lipinski definition) is 0. The zero-order valence-electron chi connectivity index (χ0n) is 10.1. The smallest absolute Gasteiger partial charge is 0.267 e. The average Bonchev–Trinajstić information content (AvgIpc) is 2.99. The summed E-state index contributed by atoms with van der Waals surface area (Å²) >= 11 is 0. The van der Waals surface area contributed by atoms with Gasteiger partial charge in [-0.15, -0.1) is 0 Å². The molecule has 1 aliphatic heterocycles. The fraction of sp³-hybridized carbons (Fsp3) is 0. The fourth-order valence-electron chi connectivity index (χ4n) is 2.50. The first-order valence-corrected chi connectivity index (χ1v) is 5.95. The fourth-order valence-corrected chi connectivity index (χ4v) is 2.50. The summed E-state index contributed by atoms with van der Waals surface area (Å²) in [6.45, 7) is 0. The van der Waals surface area contributed by atoms with Crippen LogP contribution in [0.2, 0.25) is 0 Å². The van der Waals surface area contributed by atoms with Crippen molar-refractivity contribution in [3.8, 4) is 0 Å².